The van der Waals surface area contributed by atoms with Gasteiger partial charge in [0.15, 0.2) is 5.15 Å². The second-order valence-corrected chi connectivity index (χ2v) is 2.60. The summed E-state index contributed by atoms with van der Waals surface area (Å²) in [6.07, 6.45) is -4.52. The third-order valence-electron chi connectivity index (χ3n) is 1.31. The van der Waals surface area contributed by atoms with Crippen LogP contribution in [0.15, 0.2) is 6.07 Å². The Morgan fingerprint density at radius 2 is 2.00 bits per heavy atom. The van der Waals surface area contributed by atoms with Crippen molar-refractivity contribution in [1.29, 1.82) is 0 Å². The van der Waals surface area contributed by atoms with Gasteiger partial charge in [-0.05, 0) is 6.07 Å². The Morgan fingerprint density at radius 3 is 2.46 bits per heavy atom. The summed E-state index contributed by atoms with van der Waals surface area (Å²) in [6, 6.07) is 0.787. The molecule has 0 aliphatic carbocycles. The van der Waals surface area contributed by atoms with Gasteiger partial charge in [0, 0.05) is 6.54 Å². The van der Waals surface area contributed by atoms with Crippen molar-refractivity contribution in [2.75, 3.05) is 0 Å². The molecule has 13 heavy (non-hydrogen) atoms. The van der Waals surface area contributed by atoms with E-state index in [9.17, 15) is 13.2 Å². The maximum absolute atomic E-state index is 12.2. The first-order chi connectivity index (χ1) is 5.95. The summed E-state index contributed by atoms with van der Waals surface area (Å²) in [4.78, 5) is 0. The third kappa shape index (κ3) is 2.28. The van der Waals surface area contributed by atoms with E-state index in [2.05, 4.69) is 10.2 Å². The monoisotopic (exact) mass is 211 g/mol. The van der Waals surface area contributed by atoms with Crippen molar-refractivity contribution < 1.29 is 13.2 Å². The van der Waals surface area contributed by atoms with E-state index in [-0.39, 0.29) is 12.2 Å². The number of alkyl halides is 3. The first-order valence-electron chi connectivity index (χ1n) is 3.24. The first-order valence-corrected chi connectivity index (χ1v) is 3.62. The molecule has 7 heteroatoms. The molecule has 1 rings (SSSR count). The number of aromatic nitrogens is 2. The zero-order chi connectivity index (χ0) is 10.1. The predicted octanol–water partition coefficient (Wildman–Crippen LogP) is 1.61. The van der Waals surface area contributed by atoms with Crippen LogP contribution in [0.1, 0.15) is 11.3 Å². The highest BCUT2D eigenvalue weighted by molar-refractivity contribution is 6.30. The highest BCUT2D eigenvalue weighted by Crippen LogP contribution is 2.33. The average Bonchev–Trinajstić information content (AvgIpc) is 2.03. The molecule has 1 heterocycles. The van der Waals surface area contributed by atoms with Crippen molar-refractivity contribution in [2.45, 2.75) is 12.7 Å². The fourth-order valence-corrected chi connectivity index (χ4v) is 0.915. The van der Waals surface area contributed by atoms with Crippen molar-refractivity contribution in [3.63, 3.8) is 0 Å². The lowest BCUT2D eigenvalue weighted by molar-refractivity contribution is -0.137. The van der Waals surface area contributed by atoms with Crippen LogP contribution >= 0.6 is 11.6 Å². The molecule has 0 saturated carbocycles. The van der Waals surface area contributed by atoms with E-state index in [1.807, 2.05) is 0 Å². The minimum absolute atomic E-state index is 0.0525. The predicted molar refractivity (Wildman–Crippen MR) is 39.9 cm³/mol. The first kappa shape index (κ1) is 10.2. The van der Waals surface area contributed by atoms with Gasteiger partial charge in [0.05, 0.1) is 11.3 Å². The highest BCUT2D eigenvalue weighted by Gasteiger charge is 2.34. The van der Waals surface area contributed by atoms with Gasteiger partial charge in [-0.1, -0.05) is 11.6 Å². The zero-order valence-electron chi connectivity index (χ0n) is 6.27. The Morgan fingerprint density at radius 1 is 1.38 bits per heavy atom. The van der Waals surface area contributed by atoms with Crippen molar-refractivity contribution in [2.24, 2.45) is 5.73 Å². The summed E-state index contributed by atoms with van der Waals surface area (Å²) in [5, 5.41) is 5.83. The molecular formula is C6H5ClF3N3. The van der Waals surface area contributed by atoms with Crippen LogP contribution < -0.4 is 5.73 Å². The van der Waals surface area contributed by atoms with E-state index in [1.54, 1.807) is 0 Å². The number of rotatable bonds is 1. The number of halogens is 4. The van der Waals surface area contributed by atoms with Gasteiger partial charge in [0.2, 0.25) is 0 Å². The fourth-order valence-electron chi connectivity index (χ4n) is 0.716. The van der Waals surface area contributed by atoms with E-state index >= 15 is 0 Å². The van der Waals surface area contributed by atoms with Crippen LogP contribution in [0.3, 0.4) is 0 Å². The number of hydrogen-bond acceptors (Lipinski definition) is 3. The quantitative estimate of drug-likeness (QED) is 0.768. The molecule has 72 valence electrons. The van der Waals surface area contributed by atoms with Crippen LogP contribution in [-0.2, 0) is 12.7 Å². The van der Waals surface area contributed by atoms with Gasteiger partial charge in [0.1, 0.15) is 0 Å². The molecule has 0 fully saturated rings. The van der Waals surface area contributed by atoms with Gasteiger partial charge in [0.25, 0.3) is 0 Å². The molecule has 0 atom stereocenters. The van der Waals surface area contributed by atoms with Crippen molar-refractivity contribution in [3.8, 4) is 0 Å². The number of nitrogens with two attached hydrogens (primary N) is 1. The second kappa shape index (κ2) is 3.47. The third-order valence-corrected chi connectivity index (χ3v) is 1.59. The van der Waals surface area contributed by atoms with Gasteiger partial charge >= 0.3 is 6.18 Å². The SMILES string of the molecule is NCc1cc(C(F)(F)F)c(Cl)nn1. The molecule has 0 saturated heterocycles. The van der Waals surface area contributed by atoms with Gasteiger partial charge in [-0.25, -0.2) is 0 Å². The normalized spacial score (nSPS) is 11.8. The second-order valence-electron chi connectivity index (χ2n) is 2.24. The molecule has 0 aliphatic rings. The van der Waals surface area contributed by atoms with Crippen molar-refractivity contribution >= 4 is 11.6 Å². The van der Waals surface area contributed by atoms with E-state index in [0.29, 0.717) is 0 Å². The van der Waals surface area contributed by atoms with Gasteiger partial charge in [-0.15, -0.1) is 5.10 Å². The molecule has 1 aromatic heterocycles. The summed E-state index contributed by atoms with van der Waals surface area (Å²) < 4.78 is 36.5. The molecule has 0 radical (unpaired) electrons. The Balaban J connectivity index is 3.19. The topological polar surface area (TPSA) is 51.8 Å². The minimum atomic E-state index is -4.52. The molecule has 0 bridgehead atoms. The van der Waals surface area contributed by atoms with Gasteiger partial charge < -0.3 is 5.73 Å². The Bertz CT molecular complexity index is 312. The molecule has 0 aromatic carbocycles. The molecule has 0 amide bonds. The maximum Gasteiger partial charge on any atom is 0.419 e. The van der Waals surface area contributed by atoms with Crippen LogP contribution in [0.25, 0.3) is 0 Å². The fraction of sp³-hybridized carbons (Fsp3) is 0.333. The van der Waals surface area contributed by atoms with Crippen molar-refractivity contribution in [1.82, 2.24) is 10.2 Å². The van der Waals surface area contributed by atoms with E-state index in [0.717, 1.165) is 6.07 Å². The van der Waals surface area contributed by atoms with Crippen LogP contribution in [0.5, 0.6) is 0 Å². The molecule has 0 spiro atoms. The Kier molecular flexibility index (Phi) is 2.72. The lowest BCUT2D eigenvalue weighted by atomic mass is 10.2. The summed E-state index contributed by atoms with van der Waals surface area (Å²) in [7, 11) is 0. The Labute approximate surface area is 76.7 Å². The van der Waals surface area contributed by atoms with Crippen molar-refractivity contribution in [3.05, 3.63) is 22.5 Å². The molecule has 2 N–H and O–H groups in total. The van der Waals surface area contributed by atoms with E-state index in [4.69, 9.17) is 17.3 Å². The molecule has 0 aliphatic heterocycles. The zero-order valence-corrected chi connectivity index (χ0v) is 7.02. The minimum Gasteiger partial charge on any atom is -0.325 e. The van der Waals surface area contributed by atoms with E-state index in [1.165, 1.54) is 0 Å². The van der Waals surface area contributed by atoms with Crippen LogP contribution in [0, 0.1) is 0 Å². The highest BCUT2D eigenvalue weighted by atomic mass is 35.5. The van der Waals surface area contributed by atoms with Gasteiger partial charge in [-0.3, -0.25) is 0 Å². The van der Waals surface area contributed by atoms with Crippen LogP contribution in [0.2, 0.25) is 5.15 Å². The number of nitrogens with zero attached hydrogens (tertiary/aromatic N) is 2. The summed E-state index contributed by atoms with van der Waals surface area (Å²) >= 11 is 5.20. The maximum atomic E-state index is 12.2. The van der Waals surface area contributed by atoms with E-state index < -0.39 is 16.9 Å². The Hall–Kier alpha value is -0.880. The van der Waals surface area contributed by atoms with Crippen LogP contribution in [0.4, 0.5) is 13.2 Å². The lowest BCUT2D eigenvalue weighted by Crippen LogP contribution is -2.11. The summed E-state index contributed by atoms with van der Waals surface area (Å²) in [6.45, 7) is -0.104. The lowest BCUT2D eigenvalue weighted by Gasteiger charge is -2.07. The standard InChI is InChI=1S/C6H5ClF3N3/c7-5-4(6(8,9)10)1-3(2-11)12-13-5/h1H,2,11H2. The van der Waals surface area contributed by atoms with Crippen LogP contribution in [-0.4, -0.2) is 10.2 Å². The average molecular weight is 212 g/mol. The molecule has 1 aromatic rings. The largest absolute Gasteiger partial charge is 0.419 e. The molecule has 0 unspecified atom stereocenters. The number of hydrogen-bond donors (Lipinski definition) is 1. The molecule has 3 nitrogen and oxygen atoms in total. The smallest absolute Gasteiger partial charge is 0.325 e. The molecular weight excluding hydrogens is 207 g/mol. The van der Waals surface area contributed by atoms with Gasteiger partial charge in [-0.2, -0.15) is 18.3 Å². The summed E-state index contributed by atoms with van der Waals surface area (Å²) in [5.74, 6) is 0. The summed E-state index contributed by atoms with van der Waals surface area (Å²) in [5.41, 5.74) is 4.14.